The molecule has 0 unspecified atom stereocenters. The fraction of sp³-hybridized carbons (Fsp3) is 0.375. The monoisotopic (exact) mass is 335 g/mol. The quantitative estimate of drug-likeness (QED) is 0.769. The molecular formula is C16H21N3O3S. The van der Waals surface area contributed by atoms with Crippen molar-refractivity contribution in [3.8, 4) is 0 Å². The molecule has 2 rings (SSSR count). The molecule has 2 aromatic rings. The molecule has 0 N–H and O–H groups in total. The van der Waals surface area contributed by atoms with E-state index in [0.717, 1.165) is 5.56 Å². The maximum Gasteiger partial charge on any atom is 0.250 e. The zero-order chi connectivity index (χ0) is 16.9. The second-order valence-electron chi connectivity index (χ2n) is 5.09. The van der Waals surface area contributed by atoms with Crippen molar-refractivity contribution in [3.05, 3.63) is 58.8 Å². The first-order valence-corrected chi connectivity index (χ1v) is 9.02. The van der Waals surface area contributed by atoms with E-state index in [2.05, 4.69) is 4.98 Å². The Morgan fingerprint density at radius 2 is 1.74 bits per heavy atom. The van der Waals surface area contributed by atoms with Crippen molar-refractivity contribution in [1.82, 2.24) is 13.9 Å². The van der Waals surface area contributed by atoms with Crippen LogP contribution in [0, 0.1) is 0 Å². The molecule has 0 fully saturated rings. The lowest BCUT2D eigenvalue weighted by Gasteiger charge is -2.19. The summed E-state index contributed by atoms with van der Waals surface area (Å²) in [5, 5.41) is 0. The molecule has 0 spiro atoms. The van der Waals surface area contributed by atoms with E-state index >= 15 is 0 Å². The highest BCUT2D eigenvalue weighted by atomic mass is 32.2. The molecule has 0 aliphatic rings. The molecular weight excluding hydrogens is 314 g/mol. The van der Waals surface area contributed by atoms with E-state index in [4.69, 9.17) is 0 Å². The summed E-state index contributed by atoms with van der Waals surface area (Å²) in [5.41, 5.74) is 0.835. The highest BCUT2D eigenvalue weighted by molar-refractivity contribution is 7.89. The SMILES string of the molecule is CCN(CC)S(=O)(=O)c1ccc(=O)n(CCc2ccncc2)c1. The lowest BCUT2D eigenvalue weighted by molar-refractivity contribution is 0.444. The largest absolute Gasteiger partial charge is 0.314 e. The minimum atomic E-state index is -3.56. The maximum absolute atomic E-state index is 12.5. The van der Waals surface area contributed by atoms with Crippen LogP contribution in [0.5, 0.6) is 0 Å². The Bertz CT molecular complexity index is 797. The third-order valence-corrected chi connectivity index (χ3v) is 5.72. The minimum Gasteiger partial charge on any atom is -0.314 e. The predicted octanol–water partition coefficient (Wildman–Crippen LogP) is 1.52. The van der Waals surface area contributed by atoms with Crippen molar-refractivity contribution in [2.75, 3.05) is 13.1 Å². The van der Waals surface area contributed by atoms with Crippen LogP contribution in [0.15, 0.2) is 52.5 Å². The number of rotatable bonds is 7. The van der Waals surface area contributed by atoms with Gasteiger partial charge in [-0.3, -0.25) is 9.78 Å². The van der Waals surface area contributed by atoms with Gasteiger partial charge in [-0.05, 0) is 30.2 Å². The Balaban J connectivity index is 2.27. The van der Waals surface area contributed by atoms with Crippen LogP contribution < -0.4 is 5.56 Å². The molecule has 0 aliphatic heterocycles. The average Bonchev–Trinajstić information content (AvgIpc) is 2.55. The first-order valence-electron chi connectivity index (χ1n) is 7.58. The number of pyridine rings is 2. The molecule has 124 valence electrons. The van der Waals surface area contributed by atoms with Crippen LogP contribution in [-0.2, 0) is 23.0 Å². The molecule has 0 radical (unpaired) electrons. The van der Waals surface area contributed by atoms with E-state index < -0.39 is 10.0 Å². The van der Waals surface area contributed by atoms with Gasteiger partial charge in [0.1, 0.15) is 0 Å². The van der Waals surface area contributed by atoms with E-state index in [1.807, 2.05) is 12.1 Å². The summed E-state index contributed by atoms with van der Waals surface area (Å²) in [4.78, 5) is 16.1. The zero-order valence-electron chi connectivity index (χ0n) is 13.3. The van der Waals surface area contributed by atoms with Crippen molar-refractivity contribution in [1.29, 1.82) is 0 Å². The summed E-state index contributed by atoms with van der Waals surface area (Å²) in [6.07, 6.45) is 5.45. The average molecular weight is 335 g/mol. The van der Waals surface area contributed by atoms with Crippen molar-refractivity contribution in [2.24, 2.45) is 0 Å². The van der Waals surface area contributed by atoms with E-state index in [9.17, 15) is 13.2 Å². The van der Waals surface area contributed by atoms with Crippen molar-refractivity contribution in [3.63, 3.8) is 0 Å². The Kier molecular flexibility index (Phi) is 5.68. The standard InChI is InChI=1S/C16H21N3O3S/c1-3-19(4-2)23(21,22)15-5-6-16(20)18(13-15)12-9-14-7-10-17-11-8-14/h5-8,10-11,13H,3-4,9,12H2,1-2H3. The lowest BCUT2D eigenvalue weighted by Crippen LogP contribution is -2.32. The van der Waals surface area contributed by atoms with Gasteiger partial charge in [-0.1, -0.05) is 13.8 Å². The highest BCUT2D eigenvalue weighted by Crippen LogP contribution is 2.13. The third kappa shape index (κ3) is 4.05. The van der Waals surface area contributed by atoms with Crippen LogP contribution in [0.3, 0.4) is 0 Å². The van der Waals surface area contributed by atoms with Gasteiger partial charge in [0, 0.05) is 44.3 Å². The first-order chi connectivity index (χ1) is 11.0. The molecule has 0 saturated carbocycles. The minimum absolute atomic E-state index is 0.149. The fourth-order valence-corrected chi connectivity index (χ4v) is 3.83. The van der Waals surface area contributed by atoms with E-state index in [1.165, 1.54) is 27.2 Å². The van der Waals surface area contributed by atoms with Crippen LogP contribution in [-0.4, -0.2) is 35.4 Å². The van der Waals surface area contributed by atoms with Crippen molar-refractivity contribution in [2.45, 2.75) is 31.7 Å². The molecule has 0 bridgehead atoms. The smallest absolute Gasteiger partial charge is 0.250 e. The molecule has 2 aromatic heterocycles. The number of sulfonamides is 1. The molecule has 0 amide bonds. The van der Waals surface area contributed by atoms with Gasteiger partial charge in [-0.15, -0.1) is 0 Å². The van der Waals surface area contributed by atoms with Crippen LogP contribution in [0.2, 0.25) is 0 Å². The van der Waals surface area contributed by atoms with Gasteiger partial charge in [-0.2, -0.15) is 4.31 Å². The fourth-order valence-electron chi connectivity index (χ4n) is 2.35. The van der Waals surface area contributed by atoms with Gasteiger partial charge in [-0.25, -0.2) is 8.42 Å². The Morgan fingerprint density at radius 1 is 1.09 bits per heavy atom. The van der Waals surface area contributed by atoms with Crippen molar-refractivity contribution >= 4 is 10.0 Å². The Hall–Kier alpha value is -1.99. The zero-order valence-corrected chi connectivity index (χ0v) is 14.2. The third-order valence-electron chi connectivity index (χ3n) is 3.69. The van der Waals surface area contributed by atoms with Gasteiger partial charge >= 0.3 is 0 Å². The second-order valence-corrected chi connectivity index (χ2v) is 7.03. The van der Waals surface area contributed by atoms with Gasteiger partial charge in [0.2, 0.25) is 10.0 Å². The van der Waals surface area contributed by atoms with Gasteiger partial charge in [0.25, 0.3) is 5.56 Å². The summed E-state index contributed by atoms with van der Waals surface area (Å²) < 4.78 is 27.9. The van der Waals surface area contributed by atoms with E-state index in [1.54, 1.807) is 26.2 Å². The molecule has 23 heavy (non-hydrogen) atoms. The topological polar surface area (TPSA) is 72.3 Å². The molecule has 0 aromatic carbocycles. The van der Waals surface area contributed by atoms with Crippen molar-refractivity contribution < 1.29 is 8.42 Å². The summed E-state index contributed by atoms with van der Waals surface area (Å²) in [7, 11) is -3.56. The van der Waals surface area contributed by atoms with Crippen LogP contribution in [0.4, 0.5) is 0 Å². The van der Waals surface area contributed by atoms with Gasteiger partial charge in [0.05, 0.1) is 4.90 Å². The van der Waals surface area contributed by atoms with E-state index in [0.29, 0.717) is 26.1 Å². The Morgan fingerprint density at radius 3 is 2.35 bits per heavy atom. The molecule has 7 heteroatoms. The molecule has 0 aliphatic carbocycles. The molecule has 0 atom stereocenters. The summed E-state index contributed by atoms with van der Waals surface area (Å²) in [6.45, 7) is 4.80. The molecule has 6 nitrogen and oxygen atoms in total. The second kappa shape index (κ2) is 7.52. The first kappa shape index (κ1) is 17.4. The number of hydrogen-bond donors (Lipinski definition) is 0. The summed E-state index contributed by atoms with van der Waals surface area (Å²) in [5.74, 6) is 0. The normalized spacial score (nSPS) is 11.8. The van der Waals surface area contributed by atoms with Crippen LogP contribution in [0.25, 0.3) is 0 Å². The lowest BCUT2D eigenvalue weighted by atomic mass is 10.2. The molecule has 2 heterocycles. The van der Waals surface area contributed by atoms with Crippen LogP contribution >= 0.6 is 0 Å². The van der Waals surface area contributed by atoms with Crippen LogP contribution in [0.1, 0.15) is 19.4 Å². The molecule has 0 saturated heterocycles. The number of aromatic nitrogens is 2. The summed E-state index contributed by atoms with van der Waals surface area (Å²) in [6, 6.07) is 6.44. The number of hydrogen-bond acceptors (Lipinski definition) is 4. The number of aryl methyl sites for hydroxylation is 2. The number of nitrogens with zero attached hydrogens (tertiary/aromatic N) is 3. The predicted molar refractivity (Wildman–Crippen MR) is 88.7 cm³/mol. The van der Waals surface area contributed by atoms with Gasteiger partial charge < -0.3 is 4.57 Å². The van der Waals surface area contributed by atoms with E-state index in [-0.39, 0.29) is 10.5 Å². The van der Waals surface area contributed by atoms with Gasteiger partial charge in [0.15, 0.2) is 0 Å². The highest BCUT2D eigenvalue weighted by Gasteiger charge is 2.22. The Labute approximate surface area is 136 Å². The maximum atomic E-state index is 12.5. The summed E-state index contributed by atoms with van der Waals surface area (Å²) >= 11 is 0.